The van der Waals surface area contributed by atoms with Crippen molar-refractivity contribution < 1.29 is 4.79 Å². The maximum atomic E-state index is 12.1. The zero-order valence-corrected chi connectivity index (χ0v) is 24.3. The van der Waals surface area contributed by atoms with Crippen molar-refractivity contribution in [2.75, 3.05) is 14.1 Å². The zero-order chi connectivity index (χ0) is 26.4. The van der Waals surface area contributed by atoms with Crippen LogP contribution < -0.4 is 5.32 Å². The lowest BCUT2D eigenvalue weighted by molar-refractivity contribution is 0.0808. The van der Waals surface area contributed by atoms with Crippen molar-refractivity contribution in [2.24, 2.45) is 5.92 Å². The smallest absolute Gasteiger partial charge is 0.179 e. The lowest BCUT2D eigenvalue weighted by Gasteiger charge is -2.51. The van der Waals surface area contributed by atoms with E-state index < -0.39 is 0 Å². The fourth-order valence-electron chi connectivity index (χ4n) is 5.14. The van der Waals surface area contributed by atoms with Gasteiger partial charge in [0.2, 0.25) is 0 Å². The molecule has 1 saturated carbocycles. The van der Waals surface area contributed by atoms with Crippen LogP contribution in [0.15, 0.2) is 48.5 Å². The molecule has 0 heterocycles. The van der Waals surface area contributed by atoms with E-state index in [1.807, 2.05) is 39.8 Å². The summed E-state index contributed by atoms with van der Waals surface area (Å²) in [6.45, 7) is 12.6. The van der Waals surface area contributed by atoms with Gasteiger partial charge < -0.3 is 10.2 Å². The highest BCUT2D eigenvalue weighted by molar-refractivity contribution is 6.31. The van der Waals surface area contributed by atoms with E-state index in [0.29, 0.717) is 22.0 Å². The van der Waals surface area contributed by atoms with Gasteiger partial charge in [-0.3, -0.25) is 4.79 Å². The minimum absolute atomic E-state index is 0.0671. The summed E-state index contributed by atoms with van der Waals surface area (Å²) in [6.07, 6.45) is 5.23. The topological polar surface area (TPSA) is 32.3 Å². The minimum atomic E-state index is -0.210. The third-order valence-electron chi connectivity index (χ3n) is 6.77. The van der Waals surface area contributed by atoms with Gasteiger partial charge in [-0.05, 0) is 96.8 Å². The van der Waals surface area contributed by atoms with Crippen LogP contribution in [0.5, 0.6) is 0 Å². The normalized spacial score (nSPS) is 16.8. The molecule has 0 amide bonds. The van der Waals surface area contributed by atoms with Crippen LogP contribution in [0.4, 0.5) is 0 Å². The molecule has 0 aromatic heterocycles. The highest BCUT2D eigenvalue weighted by Gasteiger charge is 2.46. The first kappa shape index (κ1) is 29.8. The first-order chi connectivity index (χ1) is 16.2. The SMILES string of the molecule is CC(C)CC(N(C)C)C1(c2ccc(Cl)cc2)CCC1.CC(NC(C)(C)C)C(=O)c1cccc(Cl)c1. The van der Waals surface area contributed by atoms with E-state index in [-0.39, 0.29) is 17.4 Å². The summed E-state index contributed by atoms with van der Waals surface area (Å²) in [5, 5.41) is 4.67. The summed E-state index contributed by atoms with van der Waals surface area (Å²) >= 11 is 11.9. The van der Waals surface area contributed by atoms with E-state index in [1.54, 1.807) is 24.3 Å². The molecule has 35 heavy (non-hydrogen) atoms. The maximum absolute atomic E-state index is 12.1. The molecule has 194 valence electrons. The van der Waals surface area contributed by atoms with E-state index in [9.17, 15) is 4.79 Å². The number of benzene rings is 2. The van der Waals surface area contributed by atoms with Crippen LogP contribution in [0.1, 0.15) is 83.1 Å². The molecular weight excluding hydrogens is 475 g/mol. The molecule has 1 fully saturated rings. The first-order valence-electron chi connectivity index (χ1n) is 12.7. The van der Waals surface area contributed by atoms with E-state index in [0.717, 1.165) is 10.9 Å². The fraction of sp³-hybridized carbons (Fsp3) is 0.567. The molecule has 1 aliphatic rings. The second-order valence-corrected chi connectivity index (χ2v) is 12.5. The summed E-state index contributed by atoms with van der Waals surface area (Å²) in [6, 6.07) is 16.0. The molecule has 5 heteroatoms. The molecule has 0 radical (unpaired) electrons. The Morgan fingerprint density at radius 1 is 1.00 bits per heavy atom. The summed E-state index contributed by atoms with van der Waals surface area (Å²) in [5.41, 5.74) is 2.39. The number of Topliss-reactive ketones (excluding diaryl/α,β-unsaturated/α-hetero) is 1. The molecule has 2 unspecified atom stereocenters. The number of likely N-dealkylation sites (N-methyl/N-ethyl adjacent to an activating group) is 1. The van der Waals surface area contributed by atoms with E-state index in [4.69, 9.17) is 23.2 Å². The predicted molar refractivity (Wildman–Crippen MR) is 152 cm³/mol. The third-order valence-corrected chi connectivity index (χ3v) is 7.26. The molecule has 1 aliphatic carbocycles. The molecule has 1 N–H and O–H groups in total. The standard InChI is InChI=1S/C17H26ClN.C13H18ClNO/c1-13(2)12-16(19(3)4)17(10-5-11-17)14-6-8-15(18)9-7-14;1-9(15-13(2,3)4)12(16)10-6-5-7-11(14)8-10/h6-9,13,16H,5,10-12H2,1-4H3;5-9,15H,1-4H3. The monoisotopic (exact) mass is 518 g/mol. The molecule has 0 aliphatic heterocycles. The molecular formula is C30H44Cl2N2O. The summed E-state index contributed by atoms with van der Waals surface area (Å²) in [7, 11) is 4.45. The molecule has 0 saturated heterocycles. The largest absolute Gasteiger partial charge is 0.306 e. The van der Waals surface area contributed by atoms with Crippen LogP contribution in [0.2, 0.25) is 10.0 Å². The van der Waals surface area contributed by atoms with Gasteiger partial charge in [0.15, 0.2) is 5.78 Å². The summed E-state index contributed by atoms with van der Waals surface area (Å²) < 4.78 is 0. The van der Waals surface area contributed by atoms with Gasteiger partial charge in [-0.15, -0.1) is 0 Å². The number of halogens is 2. The zero-order valence-electron chi connectivity index (χ0n) is 22.8. The average molecular weight is 520 g/mol. The van der Waals surface area contributed by atoms with Gasteiger partial charge >= 0.3 is 0 Å². The maximum Gasteiger partial charge on any atom is 0.179 e. The summed E-state index contributed by atoms with van der Waals surface area (Å²) in [5.74, 6) is 0.801. The second kappa shape index (κ2) is 12.7. The van der Waals surface area contributed by atoms with Crippen LogP contribution in [0.3, 0.4) is 0 Å². The number of hydrogen-bond donors (Lipinski definition) is 1. The molecule has 2 aromatic carbocycles. The summed E-state index contributed by atoms with van der Waals surface area (Å²) in [4.78, 5) is 14.5. The second-order valence-electron chi connectivity index (χ2n) is 11.6. The van der Waals surface area contributed by atoms with Crippen molar-refractivity contribution in [3.05, 3.63) is 69.7 Å². The molecule has 0 bridgehead atoms. The van der Waals surface area contributed by atoms with Crippen molar-refractivity contribution >= 4 is 29.0 Å². The number of carbonyl (C=O) groups excluding carboxylic acids is 1. The number of ketones is 1. The minimum Gasteiger partial charge on any atom is -0.306 e. The Morgan fingerprint density at radius 2 is 1.60 bits per heavy atom. The molecule has 2 atom stereocenters. The van der Waals surface area contributed by atoms with Crippen LogP contribution in [-0.4, -0.2) is 42.4 Å². The first-order valence-corrected chi connectivity index (χ1v) is 13.5. The Kier molecular flexibility index (Phi) is 10.8. The number of rotatable bonds is 8. The quantitative estimate of drug-likeness (QED) is 0.358. The van der Waals surface area contributed by atoms with Crippen molar-refractivity contribution in [3.63, 3.8) is 0 Å². The van der Waals surface area contributed by atoms with Crippen LogP contribution in [0, 0.1) is 5.92 Å². The third kappa shape index (κ3) is 8.60. The number of carbonyl (C=O) groups is 1. The van der Waals surface area contributed by atoms with Crippen LogP contribution >= 0.6 is 23.2 Å². The van der Waals surface area contributed by atoms with Crippen LogP contribution in [-0.2, 0) is 5.41 Å². The van der Waals surface area contributed by atoms with Gasteiger partial charge in [-0.1, -0.05) is 67.7 Å². The van der Waals surface area contributed by atoms with Crippen molar-refractivity contribution in [2.45, 2.75) is 90.3 Å². The Balaban J connectivity index is 0.000000251. The van der Waals surface area contributed by atoms with Crippen molar-refractivity contribution in [3.8, 4) is 0 Å². The number of nitrogens with one attached hydrogen (secondary N) is 1. The average Bonchev–Trinajstić information content (AvgIpc) is 2.72. The van der Waals surface area contributed by atoms with Crippen LogP contribution in [0.25, 0.3) is 0 Å². The van der Waals surface area contributed by atoms with Gasteiger partial charge in [-0.25, -0.2) is 0 Å². The van der Waals surface area contributed by atoms with E-state index >= 15 is 0 Å². The molecule has 2 aromatic rings. The highest BCUT2D eigenvalue weighted by atomic mass is 35.5. The van der Waals surface area contributed by atoms with Gasteiger partial charge in [0.25, 0.3) is 0 Å². The number of nitrogens with zero attached hydrogens (tertiary/aromatic N) is 1. The van der Waals surface area contributed by atoms with Gasteiger partial charge in [0.1, 0.15) is 0 Å². The molecule has 3 nitrogen and oxygen atoms in total. The molecule has 0 spiro atoms. The predicted octanol–water partition coefficient (Wildman–Crippen LogP) is 8.04. The Bertz CT molecular complexity index is 944. The lowest BCUT2D eigenvalue weighted by atomic mass is 9.58. The molecule has 3 rings (SSSR count). The highest BCUT2D eigenvalue weighted by Crippen LogP contribution is 2.49. The van der Waals surface area contributed by atoms with E-state index in [1.165, 1.54) is 31.2 Å². The Morgan fingerprint density at radius 3 is 2.03 bits per heavy atom. The van der Waals surface area contributed by atoms with Gasteiger partial charge in [0.05, 0.1) is 6.04 Å². The van der Waals surface area contributed by atoms with E-state index in [2.05, 4.69) is 50.3 Å². The lowest BCUT2D eigenvalue weighted by Crippen LogP contribution is -2.52. The van der Waals surface area contributed by atoms with Crippen molar-refractivity contribution in [1.29, 1.82) is 0 Å². The fourth-order valence-corrected chi connectivity index (χ4v) is 5.45. The Hall–Kier alpha value is -1.39. The van der Waals surface area contributed by atoms with Gasteiger partial charge in [0, 0.05) is 32.6 Å². The number of hydrogen-bond acceptors (Lipinski definition) is 3. The van der Waals surface area contributed by atoms with Crippen molar-refractivity contribution in [1.82, 2.24) is 10.2 Å². The van der Waals surface area contributed by atoms with Gasteiger partial charge in [-0.2, -0.15) is 0 Å². The Labute approximate surface area is 223 Å².